The molecular formula is C15H22BrNO2S. The maximum absolute atomic E-state index is 11.7. The van der Waals surface area contributed by atoms with Crippen molar-refractivity contribution in [2.75, 3.05) is 6.61 Å². The van der Waals surface area contributed by atoms with Crippen LogP contribution in [0.2, 0.25) is 0 Å². The summed E-state index contributed by atoms with van der Waals surface area (Å²) in [4.78, 5) is 13.1. The van der Waals surface area contributed by atoms with Gasteiger partial charge in [-0.05, 0) is 66.9 Å². The van der Waals surface area contributed by atoms with Gasteiger partial charge in [0.05, 0.1) is 12.5 Å². The molecule has 0 spiro atoms. The zero-order valence-electron chi connectivity index (χ0n) is 12.0. The summed E-state index contributed by atoms with van der Waals surface area (Å²) in [7, 11) is 0. The zero-order valence-corrected chi connectivity index (χ0v) is 14.4. The van der Waals surface area contributed by atoms with E-state index in [2.05, 4.69) is 39.6 Å². The lowest BCUT2D eigenvalue weighted by atomic mass is 9.86. The number of halogens is 1. The molecular weight excluding hydrogens is 338 g/mol. The number of nitrogens with one attached hydrogen (secondary N) is 1. The second kappa shape index (κ2) is 7.57. The third-order valence-corrected chi connectivity index (χ3v) is 5.92. The molecule has 0 radical (unpaired) electrons. The number of rotatable bonds is 5. The van der Waals surface area contributed by atoms with Crippen LogP contribution in [-0.2, 0) is 9.53 Å². The first-order chi connectivity index (χ1) is 9.61. The maximum atomic E-state index is 11.7. The van der Waals surface area contributed by atoms with Gasteiger partial charge in [0.15, 0.2) is 0 Å². The molecule has 5 heteroatoms. The minimum atomic E-state index is -0.0139. The Morgan fingerprint density at radius 1 is 1.50 bits per heavy atom. The van der Waals surface area contributed by atoms with Crippen LogP contribution in [0.3, 0.4) is 0 Å². The van der Waals surface area contributed by atoms with E-state index < -0.39 is 0 Å². The molecule has 0 amide bonds. The van der Waals surface area contributed by atoms with Crippen LogP contribution in [0, 0.1) is 5.92 Å². The van der Waals surface area contributed by atoms with Crippen molar-refractivity contribution < 1.29 is 9.53 Å². The third kappa shape index (κ3) is 4.06. The third-order valence-electron chi connectivity index (χ3n) is 3.87. The molecule has 1 aliphatic carbocycles. The molecule has 1 unspecified atom stereocenters. The van der Waals surface area contributed by atoms with Crippen LogP contribution < -0.4 is 5.32 Å². The lowest BCUT2D eigenvalue weighted by molar-refractivity contribution is -0.149. The summed E-state index contributed by atoms with van der Waals surface area (Å²) >= 11 is 5.36. The Bertz CT molecular complexity index is 441. The molecule has 2 rings (SSSR count). The Kier molecular flexibility index (Phi) is 6.05. The molecule has 0 aromatic carbocycles. The molecule has 112 valence electrons. The smallest absolute Gasteiger partial charge is 0.308 e. The van der Waals surface area contributed by atoms with Crippen LogP contribution in [-0.4, -0.2) is 18.6 Å². The van der Waals surface area contributed by atoms with Crippen molar-refractivity contribution in [1.29, 1.82) is 0 Å². The van der Waals surface area contributed by atoms with E-state index in [-0.39, 0.29) is 11.9 Å². The standard InChI is InChI=1S/C15H22BrNO2S/c1-3-19-15(18)11-4-6-12(7-5-11)17-10(2)14-13(16)8-9-20-14/h8-12,17H,3-7H2,1-2H3. The van der Waals surface area contributed by atoms with Gasteiger partial charge in [-0.2, -0.15) is 0 Å². The minimum Gasteiger partial charge on any atom is -0.466 e. The molecule has 0 bridgehead atoms. The highest BCUT2D eigenvalue weighted by Gasteiger charge is 2.28. The highest BCUT2D eigenvalue weighted by molar-refractivity contribution is 9.10. The molecule has 1 atom stereocenters. The monoisotopic (exact) mass is 359 g/mol. The number of thiophene rings is 1. The van der Waals surface area contributed by atoms with E-state index in [1.54, 1.807) is 11.3 Å². The molecule has 1 heterocycles. The average Bonchev–Trinajstić information content (AvgIpc) is 2.86. The first-order valence-corrected chi connectivity index (χ1v) is 8.94. The van der Waals surface area contributed by atoms with Gasteiger partial charge in [-0.15, -0.1) is 11.3 Å². The van der Waals surface area contributed by atoms with Gasteiger partial charge in [0.2, 0.25) is 0 Å². The summed E-state index contributed by atoms with van der Waals surface area (Å²) in [5.74, 6) is 0.0942. The molecule has 1 fully saturated rings. The Morgan fingerprint density at radius 2 is 2.20 bits per heavy atom. The quantitative estimate of drug-likeness (QED) is 0.797. The number of carbonyl (C=O) groups is 1. The topological polar surface area (TPSA) is 38.3 Å². The van der Waals surface area contributed by atoms with Crippen LogP contribution in [0.5, 0.6) is 0 Å². The van der Waals surface area contributed by atoms with Crippen molar-refractivity contribution in [3.8, 4) is 0 Å². The van der Waals surface area contributed by atoms with E-state index in [4.69, 9.17) is 4.74 Å². The van der Waals surface area contributed by atoms with Gasteiger partial charge >= 0.3 is 5.97 Å². The number of carbonyl (C=O) groups excluding carboxylic acids is 1. The lowest BCUT2D eigenvalue weighted by Crippen LogP contribution is -2.36. The SMILES string of the molecule is CCOC(=O)C1CCC(NC(C)c2sccc2Br)CC1. The van der Waals surface area contributed by atoms with Crippen LogP contribution >= 0.6 is 27.3 Å². The van der Waals surface area contributed by atoms with Crippen molar-refractivity contribution in [2.45, 2.75) is 51.6 Å². The summed E-state index contributed by atoms with van der Waals surface area (Å²) in [5.41, 5.74) is 0. The summed E-state index contributed by atoms with van der Waals surface area (Å²) in [5, 5.41) is 5.79. The Morgan fingerprint density at radius 3 is 2.75 bits per heavy atom. The van der Waals surface area contributed by atoms with Crippen molar-refractivity contribution in [3.05, 3.63) is 20.8 Å². The first-order valence-electron chi connectivity index (χ1n) is 7.27. The first kappa shape index (κ1) is 16.0. The Hall–Kier alpha value is -0.390. The van der Waals surface area contributed by atoms with E-state index >= 15 is 0 Å². The van der Waals surface area contributed by atoms with E-state index in [1.165, 1.54) is 9.35 Å². The number of hydrogen-bond donors (Lipinski definition) is 1. The predicted molar refractivity (Wildman–Crippen MR) is 85.9 cm³/mol. The molecule has 0 aliphatic heterocycles. The zero-order chi connectivity index (χ0) is 14.5. The van der Waals surface area contributed by atoms with Gasteiger partial charge in [-0.1, -0.05) is 0 Å². The van der Waals surface area contributed by atoms with Gasteiger partial charge in [-0.3, -0.25) is 4.79 Å². The molecule has 3 nitrogen and oxygen atoms in total. The Balaban J connectivity index is 1.80. The van der Waals surface area contributed by atoms with E-state index in [1.807, 2.05) is 6.92 Å². The van der Waals surface area contributed by atoms with Crippen molar-refractivity contribution >= 4 is 33.2 Å². The minimum absolute atomic E-state index is 0.0139. The second-order valence-corrected chi connectivity index (χ2v) is 7.12. The van der Waals surface area contributed by atoms with Gasteiger partial charge in [0.25, 0.3) is 0 Å². The van der Waals surface area contributed by atoms with Crippen molar-refractivity contribution in [2.24, 2.45) is 5.92 Å². The van der Waals surface area contributed by atoms with Crippen LogP contribution in [0.15, 0.2) is 15.9 Å². The molecule has 1 aromatic rings. The van der Waals surface area contributed by atoms with E-state index in [0.29, 0.717) is 18.7 Å². The fourth-order valence-corrected chi connectivity index (χ4v) is 4.53. The van der Waals surface area contributed by atoms with Gasteiger partial charge in [0.1, 0.15) is 0 Å². The summed E-state index contributed by atoms with van der Waals surface area (Å²) in [6, 6.07) is 2.95. The highest BCUT2D eigenvalue weighted by atomic mass is 79.9. The van der Waals surface area contributed by atoms with Crippen LogP contribution in [0.4, 0.5) is 0 Å². The van der Waals surface area contributed by atoms with Crippen LogP contribution in [0.25, 0.3) is 0 Å². The summed E-state index contributed by atoms with van der Waals surface area (Å²) in [6.45, 7) is 4.56. The van der Waals surface area contributed by atoms with E-state index in [9.17, 15) is 4.79 Å². The van der Waals surface area contributed by atoms with Gasteiger partial charge in [0, 0.05) is 21.4 Å². The molecule has 1 saturated carbocycles. The predicted octanol–water partition coefficient (Wildman–Crippen LogP) is 4.28. The molecule has 1 aliphatic rings. The van der Waals surface area contributed by atoms with Gasteiger partial charge in [-0.25, -0.2) is 0 Å². The number of esters is 1. The summed E-state index contributed by atoms with van der Waals surface area (Å²) in [6.07, 6.45) is 3.98. The lowest BCUT2D eigenvalue weighted by Gasteiger charge is -2.30. The molecule has 1 aromatic heterocycles. The molecule has 0 saturated heterocycles. The molecule has 20 heavy (non-hydrogen) atoms. The fourth-order valence-electron chi connectivity index (χ4n) is 2.80. The summed E-state index contributed by atoms with van der Waals surface area (Å²) < 4.78 is 6.29. The number of ether oxygens (including phenoxy) is 1. The fraction of sp³-hybridized carbons (Fsp3) is 0.667. The Labute approximate surface area is 133 Å². The largest absolute Gasteiger partial charge is 0.466 e. The van der Waals surface area contributed by atoms with Crippen LogP contribution in [0.1, 0.15) is 50.4 Å². The average molecular weight is 360 g/mol. The van der Waals surface area contributed by atoms with E-state index in [0.717, 1.165) is 25.7 Å². The van der Waals surface area contributed by atoms with Crippen molar-refractivity contribution in [3.63, 3.8) is 0 Å². The number of hydrogen-bond acceptors (Lipinski definition) is 4. The van der Waals surface area contributed by atoms with Crippen molar-refractivity contribution in [1.82, 2.24) is 5.32 Å². The second-order valence-electron chi connectivity index (χ2n) is 5.32. The molecule has 1 N–H and O–H groups in total. The highest BCUT2D eigenvalue weighted by Crippen LogP contribution is 2.31. The van der Waals surface area contributed by atoms with Gasteiger partial charge < -0.3 is 10.1 Å². The normalized spacial score (nSPS) is 24.4. The maximum Gasteiger partial charge on any atom is 0.308 e.